The Balaban J connectivity index is 1.57. The van der Waals surface area contributed by atoms with Crippen molar-refractivity contribution in [3.8, 4) is 11.6 Å². The van der Waals surface area contributed by atoms with Gasteiger partial charge in [-0.2, -0.15) is 4.98 Å². The number of nitrogens with zero attached hydrogens (tertiary/aromatic N) is 2. The van der Waals surface area contributed by atoms with Crippen LogP contribution in [0.2, 0.25) is 0 Å². The van der Waals surface area contributed by atoms with Gasteiger partial charge in [-0.3, -0.25) is 0 Å². The lowest BCUT2D eigenvalue weighted by molar-refractivity contribution is 0.0699. The molecule has 0 saturated carbocycles. The van der Waals surface area contributed by atoms with E-state index in [0.717, 1.165) is 5.39 Å². The third-order valence-electron chi connectivity index (χ3n) is 4.76. The van der Waals surface area contributed by atoms with Crippen LogP contribution < -0.4 is 10.1 Å². The second-order valence-electron chi connectivity index (χ2n) is 6.87. The van der Waals surface area contributed by atoms with E-state index in [1.807, 2.05) is 0 Å². The summed E-state index contributed by atoms with van der Waals surface area (Å²) in [6.07, 6.45) is 1.51. The van der Waals surface area contributed by atoms with Crippen molar-refractivity contribution >= 4 is 38.2 Å². The van der Waals surface area contributed by atoms with Gasteiger partial charge in [0.1, 0.15) is 5.75 Å². The first kappa shape index (κ1) is 21.3. The first-order valence-corrected chi connectivity index (χ1v) is 11.4. The Morgan fingerprint density at radius 1 is 1.06 bits per heavy atom. The Labute approximate surface area is 184 Å². The van der Waals surface area contributed by atoms with Crippen LogP contribution >= 0.6 is 0 Å². The summed E-state index contributed by atoms with van der Waals surface area (Å²) in [5.74, 6) is 0.0131. The predicted octanol–water partition coefficient (Wildman–Crippen LogP) is 4.66. The van der Waals surface area contributed by atoms with E-state index in [1.54, 1.807) is 67.6 Å². The molecule has 0 aliphatic heterocycles. The third kappa shape index (κ3) is 4.52. The maximum absolute atomic E-state index is 12.1. The highest BCUT2D eigenvalue weighted by molar-refractivity contribution is 7.91. The zero-order valence-corrected chi connectivity index (χ0v) is 17.8. The second kappa shape index (κ2) is 8.64. The van der Waals surface area contributed by atoms with E-state index in [-0.39, 0.29) is 28.0 Å². The topological polar surface area (TPSA) is 118 Å². The van der Waals surface area contributed by atoms with Crippen LogP contribution in [0, 0.1) is 0 Å². The van der Waals surface area contributed by atoms with Crippen molar-refractivity contribution in [1.29, 1.82) is 0 Å². The van der Waals surface area contributed by atoms with E-state index in [4.69, 9.17) is 4.74 Å². The summed E-state index contributed by atoms with van der Waals surface area (Å²) in [5, 5.41) is 13.6. The molecular weight excluding hydrogens is 430 g/mol. The first-order valence-electron chi connectivity index (χ1n) is 9.72. The number of nitrogens with one attached hydrogen (secondary N) is 1. The van der Waals surface area contributed by atoms with Gasteiger partial charge in [0.25, 0.3) is 0 Å². The van der Waals surface area contributed by atoms with E-state index in [1.165, 1.54) is 12.3 Å². The molecule has 8 nitrogen and oxygen atoms in total. The summed E-state index contributed by atoms with van der Waals surface area (Å²) >= 11 is 0. The van der Waals surface area contributed by atoms with Crippen molar-refractivity contribution in [2.45, 2.75) is 11.8 Å². The van der Waals surface area contributed by atoms with E-state index in [2.05, 4.69) is 15.3 Å². The fourth-order valence-electron chi connectivity index (χ4n) is 3.15. The zero-order chi connectivity index (χ0) is 22.7. The van der Waals surface area contributed by atoms with Gasteiger partial charge in [-0.15, -0.1) is 0 Å². The molecule has 4 rings (SSSR count). The largest absolute Gasteiger partial charge is 0.478 e. The molecule has 0 aliphatic rings. The van der Waals surface area contributed by atoms with Gasteiger partial charge in [-0.25, -0.2) is 18.2 Å². The average Bonchev–Trinajstić information content (AvgIpc) is 2.79. The van der Waals surface area contributed by atoms with Crippen molar-refractivity contribution < 1.29 is 23.1 Å². The Kier molecular flexibility index (Phi) is 5.74. The number of fused-ring (bicyclic) bond motifs is 1. The molecule has 9 heteroatoms. The summed E-state index contributed by atoms with van der Waals surface area (Å²) < 4.78 is 30.0. The van der Waals surface area contributed by atoms with Crippen LogP contribution in [-0.2, 0) is 9.84 Å². The van der Waals surface area contributed by atoms with Crippen molar-refractivity contribution in [2.75, 3.05) is 11.1 Å². The van der Waals surface area contributed by atoms with Gasteiger partial charge in [-0.1, -0.05) is 25.1 Å². The van der Waals surface area contributed by atoms with Crippen molar-refractivity contribution in [2.24, 2.45) is 0 Å². The molecule has 0 spiro atoms. The van der Waals surface area contributed by atoms with E-state index >= 15 is 0 Å². The Morgan fingerprint density at radius 3 is 2.66 bits per heavy atom. The van der Waals surface area contributed by atoms with Crippen LogP contribution in [0.25, 0.3) is 10.8 Å². The van der Waals surface area contributed by atoms with Crippen molar-refractivity contribution in [3.63, 3.8) is 0 Å². The van der Waals surface area contributed by atoms with E-state index < -0.39 is 15.8 Å². The molecule has 0 saturated heterocycles. The van der Waals surface area contributed by atoms with Gasteiger partial charge in [0.15, 0.2) is 9.84 Å². The monoisotopic (exact) mass is 449 g/mol. The molecule has 3 aromatic carbocycles. The first-order chi connectivity index (χ1) is 15.4. The Bertz CT molecular complexity index is 1420. The fraction of sp³-hybridized carbons (Fsp3) is 0.0870. The Morgan fingerprint density at radius 2 is 1.88 bits per heavy atom. The standard InChI is InChI=1S/C23H19N3O5S/c1-2-32(29,30)18-7-4-6-16(14-18)25-23-24-12-11-21(26-23)31-17-9-10-19-15(13-17)5-3-8-20(19)22(27)28/h3-14H,2H2,1H3,(H,27,28)(H,24,25,26). The van der Waals surface area contributed by atoms with Gasteiger partial charge in [0, 0.05) is 18.0 Å². The second-order valence-corrected chi connectivity index (χ2v) is 9.15. The molecule has 162 valence electrons. The molecule has 0 bridgehead atoms. The molecular formula is C23H19N3O5S. The molecule has 1 aromatic heterocycles. The molecule has 0 radical (unpaired) electrons. The molecule has 32 heavy (non-hydrogen) atoms. The van der Waals surface area contributed by atoms with Crippen molar-refractivity contribution in [1.82, 2.24) is 9.97 Å². The number of carbonyl (C=O) groups is 1. The maximum Gasteiger partial charge on any atom is 0.336 e. The van der Waals surface area contributed by atoms with Crippen molar-refractivity contribution in [3.05, 3.63) is 78.5 Å². The lowest BCUT2D eigenvalue weighted by atomic mass is 10.0. The molecule has 0 fully saturated rings. The average molecular weight is 449 g/mol. The quantitative estimate of drug-likeness (QED) is 0.418. The minimum absolute atomic E-state index is 0.00992. The summed E-state index contributed by atoms with van der Waals surface area (Å²) in [7, 11) is -3.33. The predicted molar refractivity (Wildman–Crippen MR) is 120 cm³/mol. The number of rotatable bonds is 7. The molecule has 2 N–H and O–H groups in total. The lowest BCUT2D eigenvalue weighted by Gasteiger charge is -2.10. The number of aromatic carboxylic acids is 1. The van der Waals surface area contributed by atoms with Crippen LogP contribution in [0.3, 0.4) is 0 Å². The summed E-state index contributed by atoms with van der Waals surface area (Å²) in [4.78, 5) is 20.1. The Hall–Kier alpha value is -3.98. The van der Waals surface area contributed by atoms with Crippen LogP contribution in [0.5, 0.6) is 11.6 Å². The SMILES string of the molecule is CCS(=O)(=O)c1cccc(Nc2nccc(Oc3ccc4c(C(=O)O)cccc4c3)n2)c1. The minimum atomic E-state index is -3.33. The number of benzene rings is 3. The molecule has 0 amide bonds. The molecule has 4 aromatic rings. The number of hydrogen-bond acceptors (Lipinski definition) is 7. The summed E-state index contributed by atoms with van der Waals surface area (Å²) in [6.45, 7) is 1.59. The van der Waals surface area contributed by atoms with Gasteiger partial charge in [0.05, 0.1) is 16.2 Å². The maximum atomic E-state index is 12.1. The van der Waals surface area contributed by atoms with E-state index in [9.17, 15) is 18.3 Å². The summed E-state index contributed by atoms with van der Waals surface area (Å²) in [6, 6.07) is 18.1. The fourth-order valence-corrected chi connectivity index (χ4v) is 4.08. The van der Waals surface area contributed by atoms with Crippen LogP contribution in [0.4, 0.5) is 11.6 Å². The molecule has 0 unspecified atom stereocenters. The van der Waals surface area contributed by atoms with E-state index in [0.29, 0.717) is 16.8 Å². The normalized spacial score (nSPS) is 11.3. The molecule has 0 atom stereocenters. The highest BCUT2D eigenvalue weighted by atomic mass is 32.2. The highest BCUT2D eigenvalue weighted by Gasteiger charge is 2.13. The molecule has 1 heterocycles. The zero-order valence-electron chi connectivity index (χ0n) is 17.0. The number of carboxylic acid groups (broad SMARTS) is 1. The number of aromatic nitrogens is 2. The van der Waals surface area contributed by atoms with Gasteiger partial charge >= 0.3 is 5.97 Å². The van der Waals surface area contributed by atoms with Gasteiger partial charge in [0.2, 0.25) is 11.8 Å². The number of hydrogen-bond donors (Lipinski definition) is 2. The van der Waals surface area contributed by atoms with Gasteiger partial charge in [-0.05, 0) is 53.2 Å². The number of carboxylic acids is 1. The van der Waals surface area contributed by atoms with Crippen LogP contribution in [0.1, 0.15) is 17.3 Å². The van der Waals surface area contributed by atoms with Crippen LogP contribution in [0.15, 0.2) is 77.8 Å². The smallest absolute Gasteiger partial charge is 0.336 e. The minimum Gasteiger partial charge on any atom is -0.478 e. The number of sulfone groups is 1. The lowest BCUT2D eigenvalue weighted by Crippen LogP contribution is -2.04. The highest BCUT2D eigenvalue weighted by Crippen LogP contribution is 2.27. The number of anilines is 2. The molecule has 0 aliphatic carbocycles. The third-order valence-corrected chi connectivity index (χ3v) is 6.50. The van der Waals surface area contributed by atoms with Crippen LogP contribution in [-0.4, -0.2) is 35.2 Å². The summed E-state index contributed by atoms with van der Waals surface area (Å²) in [5.41, 5.74) is 0.749. The van der Waals surface area contributed by atoms with Gasteiger partial charge < -0.3 is 15.2 Å². The number of ether oxygens (including phenoxy) is 1.